The van der Waals surface area contributed by atoms with Crippen LogP contribution in [0.4, 0.5) is 0 Å². The average Bonchev–Trinajstić information content (AvgIpc) is 2.90. The van der Waals surface area contributed by atoms with Crippen molar-refractivity contribution in [1.29, 1.82) is 0 Å². The summed E-state index contributed by atoms with van der Waals surface area (Å²) in [5, 5.41) is 0. The van der Waals surface area contributed by atoms with Crippen LogP contribution in [0, 0.1) is 0 Å². The van der Waals surface area contributed by atoms with Gasteiger partial charge in [0.05, 0.1) is 0 Å². The van der Waals surface area contributed by atoms with Crippen molar-refractivity contribution in [3.05, 3.63) is 36.5 Å². The second kappa shape index (κ2) is 5.99. The first kappa shape index (κ1) is 14.3. The molecule has 0 fully saturated rings. The first-order valence-corrected chi connectivity index (χ1v) is 9.05. The van der Waals surface area contributed by atoms with Gasteiger partial charge in [0.15, 0.2) is 5.58 Å². The van der Waals surface area contributed by atoms with Gasteiger partial charge in [0.2, 0.25) is 5.89 Å². The number of benzene rings is 1. The maximum absolute atomic E-state index is 11.5. The predicted molar refractivity (Wildman–Crippen MR) is 86.0 cm³/mol. The minimum absolute atomic E-state index is 0.501. The highest BCUT2D eigenvalue weighted by Crippen LogP contribution is 2.31. The van der Waals surface area contributed by atoms with E-state index in [9.17, 15) is 4.21 Å². The van der Waals surface area contributed by atoms with Gasteiger partial charge in [-0.3, -0.25) is 4.21 Å². The molecule has 6 heteroatoms. The van der Waals surface area contributed by atoms with Gasteiger partial charge in [0, 0.05) is 33.0 Å². The third kappa shape index (κ3) is 2.87. The molecule has 3 aromatic rings. The smallest absolute Gasteiger partial charge is 0.247 e. The Morgan fingerprint density at radius 2 is 2.19 bits per heavy atom. The molecule has 21 heavy (non-hydrogen) atoms. The molecule has 2 heterocycles. The SMILES string of the molecule is CCSc1cccnc1-c1nc2cc(S(C)=O)ccc2o1. The van der Waals surface area contributed by atoms with Crippen molar-refractivity contribution in [2.24, 2.45) is 0 Å². The van der Waals surface area contributed by atoms with Crippen molar-refractivity contribution in [3.63, 3.8) is 0 Å². The molecule has 3 rings (SSSR count). The molecule has 0 spiro atoms. The molecule has 4 nitrogen and oxygen atoms in total. The zero-order valence-electron chi connectivity index (χ0n) is 11.7. The maximum atomic E-state index is 11.5. The molecule has 1 unspecified atom stereocenters. The lowest BCUT2D eigenvalue weighted by atomic mass is 10.3. The Balaban J connectivity index is 2.11. The van der Waals surface area contributed by atoms with Gasteiger partial charge in [-0.15, -0.1) is 11.8 Å². The summed E-state index contributed by atoms with van der Waals surface area (Å²) in [6.45, 7) is 2.09. The van der Waals surface area contributed by atoms with Crippen molar-refractivity contribution in [3.8, 4) is 11.6 Å². The van der Waals surface area contributed by atoms with Crippen molar-refractivity contribution in [1.82, 2.24) is 9.97 Å². The summed E-state index contributed by atoms with van der Waals surface area (Å²) in [6, 6.07) is 9.32. The summed E-state index contributed by atoms with van der Waals surface area (Å²) in [5.74, 6) is 1.46. The topological polar surface area (TPSA) is 56.0 Å². The average molecular weight is 318 g/mol. The van der Waals surface area contributed by atoms with E-state index in [1.165, 1.54) is 0 Å². The standard InChI is InChI=1S/C15H14N2O2S2/c1-3-20-13-5-4-8-16-14(13)15-17-11-9-10(21(2)18)6-7-12(11)19-15/h4-9H,3H2,1-2H3. The van der Waals surface area contributed by atoms with Gasteiger partial charge in [0.25, 0.3) is 0 Å². The maximum Gasteiger partial charge on any atom is 0.247 e. The number of hydrogen-bond acceptors (Lipinski definition) is 5. The third-order valence-corrected chi connectivity index (χ3v) is 4.81. The molecular weight excluding hydrogens is 304 g/mol. The Bertz CT molecular complexity index is 814. The van der Waals surface area contributed by atoms with Gasteiger partial charge in [-0.25, -0.2) is 9.97 Å². The molecule has 0 saturated heterocycles. The molecule has 0 bridgehead atoms. The van der Waals surface area contributed by atoms with E-state index in [1.54, 1.807) is 42.4 Å². The molecule has 0 amide bonds. The Morgan fingerprint density at radius 1 is 1.33 bits per heavy atom. The van der Waals surface area contributed by atoms with Gasteiger partial charge >= 0.3 is 0 Å². The lowest BCUT2D eigenvalue weighted by molar-refractivity contribution is 0.614. The van der Waals surface area contributed by atoms with Crippen LogP contribution < -0.4 is 0 Å². The molecular formula is C15H14N2O2S2. The van der Waals surface area contributed by atoms with Crippen LogP contribution in [0.2, 0.25) is 0 Å². The fourth-order valence-corrected chi connectivity index (χ4v) is 3.31. The quantitative estimate of drug-likeness (QED) is 0.686. The minimum atomic E-state index is -1.03. The molecule has 0 aliphatic carbocycles. The number of nitrogens with zero attached hydrogens (tertiary/aromatic N) is 2. The van der Waals surface area contributed by atoms with Crippen molar-refractivity contribution >= 4 is 33.7 Å². The van der Waals surface area contributed by atoms with E-state index in [2.05, 4.69) is 16.9 Å². The lowest BCUT2D eigenvalue weighted by Crippen LogP contribution is -1.87. The summed E-state index contributed by atoms with van der Waals surface area (Å²) in [6.07, 6.45) is 3.38. The molecule has 2 aromatic heterocycles. The fourth-order valence-electron chi connectivity index (χ4n) is 2.01. The highest BCUT2D eigenvalue weighted by atomic mass is 32.2. The van der Waals surface area contributed by atoms with E-state index in [0.717, 1.165) is 21.2 Å². The summed E-state index contributed by atoms with van der Waals surface area (Å²) in [5.41, 5.74) is 2.13. The van der Waals surface area contributed by atoms with E-state index in [4.69, 9.17) is 4.42 Å². The van der Waals surface area contributed by atoms with Crippen molar-refractivity contribution in [2.45, 2.75) is 16.7 Å². The highest BCUT2D eigenvalue weighted by Gasteiger charge is 2.14. The Kier molecular flexibility index (Phi) is 4.07. The number of aromatic nitrogens is 2. The van der Waals surface area contributed by atoms with E-state index in [1.807, 2.05) is 12.1 Å². The molecule has 1 aromatic carbocycles. The van der Waals surface area contributed by atoms with Crippen molar-refractivity contribution in [2.75, 3.05) is 12.0 Å². The fraction of sp³-hybridized carbons (Fsp3) is 0.200. The van der Waals surface area contributed by atoms with Crippen LogP contribution in [0.25, 0.3) is 22.7 Å². The van der Waals surface area contributed by atoms with Gasteiger partial charge in [-0.2, -0.15) is 0 Å². The van der Waals surface area contributed by atoms with E-state index in [-0.39, 0.29) is 0 Å². The zero-order valence-corrected chi connectivity index (χ0v) is 13.3. The van der Waals surface area contributed by atoms with Crippen LogP contribution in [-0.2, 0) is 10.8 Å². The number of thioether (sulfide) groups is 1. The Labute approximate surface area is 129 Å². The Hall–Kier alpha value is -1.66. The van der Waals surface area contributed by atoms with Crippen LogP contribution in [0.5, 0.6) is 0 Å². The van der Waals surface area contributed by atoms with E-state index >= 15 is 0 Å². The minimum Gasteiger partial charge on any atom is -0.435 e. The Morgan fingerprint density at radius 3 is 2.95 bits per heavy atom. The summed E-state index contributed by atoms with van der Waals surface area (Å²) < 4.78 is 17.3. The highest BCUT2D eigenvalue weighted by molar-refractivity contribution is 7.99. The first-order valence-electron chi connectivity index (χ1n) is 6.51. The van der Waals surface area contributed by atoms with Crippen LogP contribution in [-0.4, -0.2) is 26.2 Å². The summed E-state index contributed by atoms with van der Waals surface area (Å²) >= 11 is 1.70. The van der Waals surface area contributed by atoms with Gasteiger partial charge < -0.3 is 4.42 Å². The second-order valence-corrected chi connectivity index (χ2v) is 7.07. The molecule has 0 aliphatic heterocycles. The van der Waals surface area contributed by atoms with E-state index < -0.39 is 10.8 Å². The largest absolute Gasteiger partial charge is 0.435 e. The number of rotatable bonds is 4. The molecule has 0 radical (unpaired) electrons. The molecule has 1 atom stereocenters. The second-order valence-electron chi connectivity index (χ2n) is 4.39. The molecule has 0 aliphatic rings. The summed E-state index contributed by atoms with van der Waals surface area (Å²) in [4.78, 5) is 10.7. The van der Waals surface area contributed by atoms with Gasteiger partial charge in [-0.1, -0.05) is 6.92 Å². The number of fused-ring (bicyclic) bond motifs is 1. The monoisotopic (exact) mass is 318 g/mol. The van der Waals surface area contributed by atoms with E-state index in [0.29, 0.717) is 17.0 Å². The van der Waals surface area contributed by atoms with Gasteiger partial charge in [0.1, 0.15) is 11.2 Å². The third-order valence-electron chi connectivity index (χ3n) is 2.96. The number of hydrogen-bond donors (Lipinski definition) is 0. The molecule has 0 saturated carbocycles. The number of pyridine rings is 1. The predicted octanol–water partition coefficient (Wildman–Crippen LogP) is 3.74. The normalized spacial score (nSPS) is 12.7. The summed E-state index contributed by atoms with van der Waals surface area (Å²) in [7, 11) is -1.03. The zero-order chi connectivity index (χ0) is 14.8. The van der Waals surface area contributed by atoms with Crippen LogP contribution in [0.1, 0.15) is 6.92 Å². The van der Waals surface area contributed by atoms with Crippen LogP contribution in [0.15, 0.2) is 50.7 Å². The van der Waals surface area contributed by atoms with Crippen LogP contribution >= 0.6 is 11.8 Å². The number of oxazole rings is 1. The van der Waals surface area contributed by atoms with Gasteiger partial charge in [-0.05, 0) is 36.1 Å². The van der Waals surface area contributed by atoms with Crippen molar-refractivity contribution < 1.29 is 8.63 Å². The first-order chi connectivity index (χ1) is 10.2. The molecule has 0 N–H and O–H groups in total. The molecule has 108 valence electrons. The lowest BCUT2D eigenvalue weighted by Gasteiger charge is -2.02. The van der Waals surface area contributed by atoms with Crippen LogP contribution in [0.3, 0.4) is 0 Å².